The van der Waals surface area contributed by atoms with E-state index in [1.807, 2.05) is 7.11 Å². The van der Waals surface area contributed by atoms with Crippen LogP contribution < -0.4 is 5.73 Å². The fraction of sp³-hybridized carbons (Fsp3) is 0.647. The van der Waals surface area contributed by atoms with E-state index >= 15 is 0 Å². The van der Waals surface area contributed by atoms with Gasteiger partial charge in [0.25, 0.3) is 0 Å². The van der Waals surface area contributed by atoms with Gasteiger partial charge in [-0.25, -0.2) is 0 Å². The Morgan fingerprint density at radius 1 is 1.20 bits per heavy atom. The Hall–Kier alpha value is -0.900. The van der Waals surface area contributed by atoms with Gasteiger partial charge < -0.3 is 10.5 Å². The van der Waals surface area contributed by atoms with Gasteiger partial charge in [0.2, 0.25) is 0 Å². The number of nitrogens with two attached hydrogens (primary N) is 1. The second-order valence-corrected chi connectivity index (χ2v) is 6.26. The van der Waals surface area contributed by atoms with Gasteiger partial charge in [0, 0.05) is 32.8 Å². The highest BCUT2D eigenvalue weighted by atomic mass is 16.5. The summed E-state index contributed by atoms with van der Waals surface area (Å²) in [5.74, 6) is 0.846. The summed E-state index contributed by atoms with van der Waals surface area (Å²) in [5.41, 5.74) is 8.86. The first-order valence-corrected chi connectivity index (χ1v) is 7.86. The highest BCUT2D eigenvalue weighted by Crippen LogP contribution is 2.40. The van der Waals surface area contributed by atoms with Gasteiger partial charge in [0.15, 0.2) is 0 Å². The molecule has 2 unspecified atom stereocenters. The number of piperidine rings is 1. The molecule has 0 radical (unpaired) electrons. The molecule has 1 aliphatic heterocycles. The van der Waals surface area contributed by atoms with Crippen molar-refractivity contribution in [1.29, 1.82) is 0 Å². The summed E-state index contributed by atoms with van der Waals surface area (Å²) in [6.45, 7) is 2.83. The monoisotopic (exact) mass is 274 g/mol. The zero-order valence-electron chi connectivity index (χ0n) is 12.4. The molecular weight excluding hydrogens is 248 g/mol. The van der Waals surface area contributed by atoms with Gasteiger partial charge in [-0.1, -0.05) is 24.3 Å². The van der Waals surface area contributed by atoms with Crippen LogP contribution in [0.1, 0.15) is 42.7 Å². The predicted octanol–water partition coefficient (Wildman–Crippen LogP) is 2.50. The van der Waals surface area contributed by atoms with E-state index in [2.05, 4.69) is 29.2 Å². The Labute approximate surface area is 122 Å². The number of nitrogens with zero attached hydrogens (tertiary/aromatic N) is 1. The molecule has 0 aromatic heterocycles. The van der Waals surface area contributed by atoms with Gasteiger partial charge in [-0.15, -0.1) is 0 Å². The Balaban J connectivity index is 1.60. The molecule has 1 saturated carbocycles. The van der Waals surface area contributed by atoms with Crippen molar-refractivity contribution in [3.05, 3.63) is 35.4 Å². The van der Waals surface area contributed by atoms with Crippen LogP contribution in [0.2, 0.25) is 0 Å². The SMILES string of the molecule is COC1CCN(Cc2ccc(C3CC3)cc2)C(CN)C1. The summed E-state index contributed by atoms with van der Waals surface area (Å²) < 4.78 is 5.49. The van der Waals surface area contributed by atoms with Gasteiger partial charge in [-0.2, -0.15) is 0 Å². The molecule has 3 rings (SSSR count). The quantitative estimate of drug-likeness (QED) is 0.896. The van der Waals surface area contributed by atoms with Crippen LogP contribution in [0.5, 0.6) is 0 Å². The third-order valence-electron chi connectivity index (χ3n) is 4.81. The Morgan fingerprint density at radius 3 is 2.55 bits per heavy atom. The minimum Gasteiger partial charge on any atom is -0.381 e. The summed E-state index contributed by atoms with van der Waals surface area (Å²) in [6, 6.07) is 9.67. The molecule has 20 heavy (non-hydrogen) atoms. The average Bonchev–Trinajstić information content (AvgIpc) is 3.33. The lowest BCUT2D eigenvalue weighted by Gasteiger charge is -2.38. The van der Waals surface area contributed by atoms with E-state index in [1.165, 1.54) is 24.0 Å². The van der Waals surface area contributed by atoms with Crippen LogP contribution in [0.4, 0.5) is 0 Å². The zero-order chi connectivity index (χ0) is 13.9. The van der Waals surface area contributed by atoms with Crippen molar-refractivity contribution in [3.8, 4) is 0 Å². The molecular formula is C17H26N2O. The largest absolute Gasteiger partial charge is 0.381 e. The smallest absolute Gasteiger partial charge is 0.0599 e. The predicted molar refractivity (Wildman–Crippen MR) is 81.7 cm³/mol. The fourth-order valence-corrected chi connectivity index (χ4v) is 3.28. The molecule has 1 aromatic rings. The number of methoxy groups -OCH3 is 1. The van der Waals surface area contributed by atoms with E-state index in [1.54, 1.807) is 0 Å². The second kappa shape index (κ2) is 6.25. The number of ether oxygens (including phenoxy) is 1. The molecule has 2 fully saturated rings. The highest BCUT2D eigenvalue weighted by molar-refractivity contribution is 5.28. The van der Waals surface area contributed by atoms with Gasteiger partial charge in [-0.3, -0.25) is 4.90 Å². The average molecular weight is 274 g/mol. The minimum atomic E-state index is 0.386. The molecule has 0 spiro atoms. The maximum Gasteiger partial charge on any atom is 0.0599 e. The highest BCUT2D eigenvalue weighted by Gasteiger charge is 2.27. The molecule has 1 aromatic carbocycles. The molecule has 2 aliphatic rings. The lowest BCUT2D eigenvalue weighted by atomic mass is 9.98. The van der Waals surface area contributed by atoms with E-state index in [0.717, 1.165) is 38.4 Å². The first kappa shape index (κ1) is 14.1. The number of hydrogen-bond donors (Lipinski definition) is 1. The van der Waals surface area contributed by atoms with Crippen molar-refractivity contribution in [1.82, 2.24) is 4.90 Å². The summed E-state index contributed by atoms with van der Waals surface area (Å²) >= 11 is 0. The summed E-state index contributed by atoms with van der Waals surface area (Å²) in [7, 11) is 1.81. The third kappa shape index (κ3) is 3.22. The van der Waals surface area contributed by atoms with Crippen molar-refractivity contribution in [2.45, 2.75) is 50.3 Å². The van der Waals surface area contributed by atoms with Crippen LogP contribution in [0.3, 0.4) is 0 Å². The molecule has 2 N–H and O–H groups in total. The maximum atomic E-state index is 5.94. The van der Waals surface area contributed by atoms with Crippen molar-refractivity contribution in [2.24, 2.45) is 5.73 Å². The topological polar surface area (TPSA) is 38.5 Å². The van der Waals surface area contributed by atoms with Crippen LogP contribution in [-0.2, 0) is 11.3 Å². The summed E-state index contributed by atoms with van der Waals surface area (Å²) in [5, 5.41) is 0. The van der Waals surface area contributed by atoms with Crippen LogP contribution in [0.25, 0.3) is 0 Å². The number of likely N-dealkylation sites (tertiary alicyclic amines) is 1. The van der Waals surface area contributed by atoms with E-state index in [9.17, 15) is 0 Å². The zero-order valence-corrected chi connectivity index (χ0v) is 12.4. The number of rotatable bonds is 5. The van der Waals surface area contributed by atoms with E-state index in [0.29, 0.717) is 12.1 Å². The Kier molecular flexibility index (Phi) is 4.39. The van der Waals surface area contributed by atoms with Crippen molar-refractivity contribution < 1.29 is 4.74 Å². The first-order valence-electron chi connectivity index (χ1n) is 7.86. The number of benzene rings is 1. The standard InChI is InChI=1S/C17H26N2O/c1-20-17-8-9-19(16(10-17)11-18)12-13-2-4-14(5-3-13)15-6-7-15/h2-5,15-17H,6-12,18H2,1H3. The first-order chi connectivity index (χ1) is 9.80. The van der Waals surface area contributed by atoms with Crippen molar-refractivity contribution in [2.75, 3.05) is 20.2 Å². The number of hydrogen-bond acceptors (Lipinski definition) is 3. The lowest BCUT2D eigenvalue weighted by Crippen LogP contribution is -2.47. The van der Waals surface area contributed by atoms with Gasteiger partial charge in [0.05, 0.1) is 6.10 Å². The van der Waals surface area contributed by atoms with Crippen LogP contribution in [-0.4, -0.2) is 37.2 Å². The molecule has 0 bridgehead atoms. The van der Waals surface area contributed by atoms with Crippen LogP contribution >= 0.6 is 0 Å². The van der Waals surface area contributed by atoms with Crippen molar-refractivity contribution >= 4 is 0 Å². The maximum absolute atomic E-state index is 5.94. The molecule has 1 aliphatic carbocycles. The lowest BCUT2D eigenvalue weighted by molar-refractivity contribution is 0.0102. The van der Waals surface area contributed by atoms with E-state index < -0.39 is 0 Å². The summed E-state index contributed by atoms with van der Waals surface area (Å²) in [6.07, 6.45) is 5.32. The van der Waals surface area contributed by atoms with Crippen LogP contribution in [0, 0.1) is 0 Å². The van der Waals surface area contributed by atoms with E-state index in [-0.39, 0.29) is 0 Å². The second-order valence-electron chi connectivity index (χ2n) is 6.26. The molecule has 3 nitrogen and oxygen atoms in total. The van der Waals surface area contributed by atoms with Crippen molar-refractivity contribution in [3.63, 3.8) is 0 Å². The molecule has 1 heterocycles. The molecule has 2 atom stereocenters. The Bertz CT molecular complexity index is 427. The molecule has 1 saturated heterocycles. The Morgan fingerprint density at radius 2 is 1.95 bits per heavy atom. The fourth-order valence-electron chi connectivity index (χ4n) is 3.28. The van der Waals surface area contributed by atoms with E-state index in [4.69, 9.17) is 10.5 Å². The molecule has 3 heteroatoms. The normalized spacial score (nSPS) is 27.7. The van der Waals surface area contributed by atoms with Gasteiger partial charge in [-0.05, 0) is 42.7 Å². The molecule has 0 amide bonds. The molecule has 110 valence electrons. The van der Waals surface area contributed by atoms with Gasteiger partial charge >= 0.3 is 0 Å². The van der Waals surface area contributed by atoms with Crippen LogP contribution in [0.15, 0.2) is 24.3 Å². The summed E-state index contributed by atoms with van der Waals surface area (Å²) in [4.78, 5) is 2.52. The third-order valence-corrected chi connectivity index (χ3v) is 4.81. The minimum absolute atomic E-state index is 0.386. The van der Waals surface area contributed by atoms with Gasteiger partial charge in [0.1, 0.15) is 0 Å².